The smallest absolute Gasteiger partial charge is 0.168 e. The van der Waals surface area contributed by atoms with Gasteiger partial charge in [0.15, 0.2) is 5.78 Å². The number of piperidine rings is 1. The molecule has 0 N–H and O–H groups in total. The zero-order valence-corrected chi connectivity index (χ0v) is 15.4. The Morgan fingerprint density at radius 1 is 0.926 bits per heavy atom. The number of Topliss-reactive ketones (excluding diaryl/α,β-unsaturated/α-hetero) is 1. The second-order valence-electron chi connectivity index (χ2n) is 7.96. The molecule has 27 heavy (non-hydrogen) atoms. The fourth-order valence-corrected chi connectivity index (χ4v) is 5.06. The number of hydrogen-bond donors (Lipinski definition) is 0. The van der Waals surface area contributed by atoms with E-state index in [0.29, 0.717) is 12.1 Å². The van der Waals surface area contributed by atoms with Crippen LogP contribution in [-0.4, -0.2) is 27.8 Å². The minimum Gasteiger partial charge on any atom is -0.294 e. The molecule has 0 aliphatic carbocycles. The Morgan fingerprint density at radius 2 is 1.67 bits per heavy atom. The van der Waals surface area contributed by atoms with E-state index in [-0.39, 0.29) is 11.7 Å². The summed E-state index contributed by atoms with van der Waals surface area (Å²) in [6, 6.07) is 21.7. The number of rotatable bonds is 4. The molecule has 2 aromatic carbocycles. The van der Waals surface area contributed by atoms with Crippen LogP contribution in [0.15, 0.2) is 66.9 Å². The maximum absolute atomic E-state index is 13.3. The van der Waals surface area contributed by atoms with Crippen LogP contribution in [0.4, 0.5) is 0 Å². The number of hydrogen-bond acceptors (Lipinski definition) is 3. The first kappa shape index (κ1) is 16.6. The fourth-order valence-electron chi connectivity index (χ4n) is 5.06. The van der Waals surface area contributed by atoms with Gasteiger partial charge in [-0.2, -0.15) is 0 Å². The third-order valence-electron chi connectivity index (χ3n) is 6.36. The van der Waals surface area contributed by atoms with Crippen LogP contribution in [0, 0.1) is 5.92 Å². The van der Waals surface area contributed by atoms with Gasteiger partial charge in [0.05, 0.1) is 5.52 Å². The monoisotopic (exact) mass is 356 g/mol. The summed E-state index contributed by atoms with van der Waals surface area (Å²) in [5.74, 6) is 0.415. The molecule has 1 aromatic heterocycles. The van der Waals surface area contributed by atoms with Crippen molar-refractivity contribution < 1.29 is 4.79 Å². The van der Waals surface area contributed by atoms with E-state index in [0.717, 1.165) is 35.9 Å². The predicted octanol–water partition coefficient (Wildman–Crippen LogP) is 4.86. The van der Waals surface area contributed by atoms with Crippen molar-refractivity contribution in [2.24, 2.45) is 5.92 Å². The van der Waals surface area contributed by atoms with Crippen LogP contribution in [0.25, 0.3) is 10.9 Å². The molecule has 2 aliphatic heterocycles. The van der Waals surface area contributed by atoms with Crippen molar-refractivity contribution in [1.29, 1.82) is 0 Å². The minimum absolute atomic E-state index is 0.127. The number of para-hydroxylation sites is 1. The average Bonchev–Trinajstić information content (AvgIpc) is 2.95. The Labute approximate surface area is 160 Å². The molecule has 0 amide bonds. The molecule has 5 rings (SSSR count). The molecule has 2 fully saturated rings. The molecule has 2 atom stereocenters. The molecular formula is C24H24N2O. The molecule has 3 nitrogen and oxygen atoms in total. The van der Waals surface area contributed by atoms with Crippen molar-refractivity contribution in [1.82, 2.24) is 9.88 Å². The molecule has 3 heteroatoms. The number of aromatic nitrogens is 1. The molecule has 2 bridgehead atoms. The van der Waals surface area contributed by atoms with Crippen LogP contribution in [0.3, 0.4) is 0 Å². The van der Waals surface area contributed by atoms with Gasteiger partial charge in [0.25, 0.3) is 0 Å². The van der Waals surface area contributed by atoms with Crippen LogP contribution in [0.5, 0.6) is 0 Å². The number of benzene rings is 2. The number of pyridine rings is 1. The Bertz CT molecular complexity index is 949. The van der Waals surface area contributed by atoms with Crippen LogP contribution < -0.4 is 0 Å². The van der Waals surface area contributed by atoms with E-state index < -0.39 is 0 Å². The zero-order chi connectivity index (χ0) is 18.2. The van der Waals surface area contributed by atoms with Gasteiger partial charge in [-0.15, -0.1) is 0 Å². The van der Waals surface area contributed by atoms with Gasteiger partial charge < -0.3 is 0 Å². The normalized spacial score (nSPS) is 25.0. The fraction of sp³-hybridized carbons (Fsp3) is 0.333. The summed E-state index contributed by atoms with van der Waals surface area (Å²) in [4.78, 5) is 20.5. The predicted molar refractivity (Wildman–Crippen MR) is 108 cm³/mol. The quantitative estimate of drug-likeness (QED) is 0.626. The molecule has 0 radical (unpaired) electrons. The number of fused-ring (bicyclic) bond motifs is 3. The Balaban J connectivity index is 1.37. The van der Waals surface area contributed by atoms with Gasteiger partial charge >= 0.3 is 0 Å². The average molecular weight is 356 g/mol. The van der Waals surface area contributed by atoms with E-state index in [2.05, 4.69) is 40.2 Å². The lowest BCUT2D eigenvalue weighted by Gasteiger charge is -2.38. The van der Waals surface area contributed by atoms with Crippen molar-refractivity contribution in [2.75, 3.05) is 0 Å². The van der Waals surface area contributed by atoms with Crippen LogP contribution >= 0.6 is 0 Å². The van der Waals surface area contributed by atoms with Crippen molar-refractivity contribution in [3.63, 3.8) is 0 Å². The summed E-state index contributed by atoms with van der Waals surface area (Å²) in [6.45, 7) is 1.01. The summed E-state index contributed by atoms with van der Waals surface area (Å²) < 4.78 is 0. The maximum Gasteiger partial charge on any atom is 0.168 e. The van der Waals surface area contributed by atoms with Crippen molar-refractivity contribution in [3.05, 3.63) is 78.0 Å². The topological polar surface area (TPSA) is 33.2 Å². The standard InChI is InChI=1S/C24H24N2O/c27-24(22-10-4-8-18-9-5-13-25-23(18)22)19-14-20-11-12-21(15-19)26(20)16-17-6-2-1-3-7-17/h1-10,13,19-21H,11-12,14-16H2. The molecular weight excluding hydrogens is 332 g/mol. The highest BCUT2D eigenvalue weighted by Gasteiger charge is 2.43. The van der Waals surface area contributed by atoms with E-state index in [1.807, 2.05) is 30.3 Å². The Kier molecular flexibility index (Phi) is 4.25. The molecule has 3 aromatic rings. The summed E-state index contributed by atoms with van der Waals surface area (Å²) in [6.07, 6.45) is 6.17. The molecule has 2 saturated heterocycles. The van der Waals surface area contributed by atoms with Crippen LogP contribution in [0.1, 0.15) is 41.6 Å². The van der Waals surface area contributed by atoms with Gasteiger partial charge in [-0.05, 0) is 43.4 Å². The lowest BCUT2D eigenvalue weighted by molar-refractivity contribution is 0.0679. The largest absolute Gasteiger partial charge is 0.294 e. The third kappa shape index (κ3) is 3.06. The second-order valence-corrected chi connectivity index (χ2v) is 7.96. The number of carbonyl (C=O) groups excluding carboxylic acids is 1. The summed E-state index contributed by atoms with van der Waals surface area (Å²) in [5, 5.41) is 1.05. The highest BCUT2D eigenvalue weighted by atomic mass is 16.1. The van der Waals surface area contributed by atoms with Crippen molar-refractivity contribution >= 4 is 16.7 Å². The Hall–Kier alpha value is -2.52. The molecule has 136 valence electrons. The minimum atomic E-state index is 0.127. The number of ketones is 1. The zero-order valence-electron chi connectivity index (χ0n) is 15.4. The number of nitrogens with zero attached hydrogens (tertiary/aromatic N) is 2. The summed E-state index contributed by atoms with van der Waals surface area (Å²) >= 11 is 0. The van der Waals surface area contributed by atoms with E-state index >= 15 is 0 Å². The van der Waals surface area contributed by atoms with Crippen LogP contribution in [0.2, 0.25) is 0 Å². The van der Waals surface area contributed by atoms with E-state index in [4.69, 9.17) is 0 Å². The lowest BCUT2D eigenvalue weighted by atomic mass is 9.84. The molecule has 3 heterocycles. The van der Waals surface area contributed by atoms with E-state index in [1.54, 1.807) is 6.20 Å². The molecule has 0 saturated carbocycles. The second kappa shape index (κ2) is 6.90. The molecule has 2 unspecified atom stereocenters. The van der Waals surface area contributed by atoms with Gasteiger partial charge in [0, 0.05) is 41.7 Å². The van der Waals surface area contributed by atoms with Gasteiger partial charge in [0.2, 0.25) is 0 Å². The maximum atomic E-state index is 13.3. The summed E-state index contributed by atoms with van der Waals surface area (Å²) in [7, 11) is 0. The SMILES string of the molecule is O=C(c1cccc2cccnc12)C1CC2CCC(C1)N2Cc1ccccc1. The van der Waals surface area contributed by atoms with Gasteiger partial charge in [0.1, 0.15) is 0 Å². The third-order valence-corrected chi connectivity index (χ3v) is 6.36. The highest BCUT2D eigenvalue weighted by Crippen LogP contribution is 2.41. The molecule has 2 aliphatic rings. The first-order valence-corrected chi connectivity index (χ1v) is 9.97. The van der Waals surface area contributed by atoms with E-state index in [1.165, 1.54) is 18.4 Å². The van der Waals surface area contributed by atoms with Gasteiger partial charge in [-0.3, -0.25) is 14.7 Å². The van der Waals surface area contributed by atoms with Crippen molar-refractivity contribution in [3.8, 4) is 0 Å². The Morgan fingerprint density at radius 3 is 2.44 bits per heavy atom. The van der Waals surface area contributed by atoms with Crippen LogP contribution in [-0.2, 0) is 6.54 Å². The first-order valence-electron chi connectivity index (χ1n) is 9.97. The van der Waals surface area contributed by atoms with Crippen molar-refractivity contribution in [2.45, 2.75) is 44.3 Å². The lowest BCUT2D eigenvalue weighted by Crippen LogP contribution is -2.44. The van der Waals surface area contributed by atoms with E-state index in [9.17, 15) is 4.79 Å². The number of carbonyl (C=O) groups is 1. The summed E-state index contributed by atoms with van der Waals surface area (Å²) in [5.41, 5.74) is 3.02. The molecule has 0 spiro atoms. The highest BCUT2D eigenvalue weighted by molar-refractivity contribution is 6.07. The van der Waals surface area contributed by atoms with Gasteiger partial charge in [-0.25, -0.2) is 0 Å². The van der Waals surface area contributed by atoms with Gasteiger partial charge in [-0.1, -0.05) is 48.5 Å². The first-order chi connectivity index (χ1) is 13.3.